The topological polar surface area (TPSA) is 56.2 Å². The molecule has 4 rings (SSSR count). The van der Waals surface area contributed by atoms with Gasteiger partial charge in [0.15, 0.2) is 11.0 Å². The van der Waals surface area contributed by atoms with Crippen molar-refractivity contribution in [3.05, 3.63) is 89.5 Å². The molecule has 4 aromatic rings. The van der Waals surface area contributed by atoms with Crippen LogP contribution in [0.3, 0.4) is 0 Å². The fourth-order valence-electron chi connectivity index (χ4n) is 3.56. The van der Waals surface area contributed by atoms with Gasteiger partial charge >= 0.3 is 6.18 Å². The summed E-state index contributed by atoms with van der Waals surface area (Å²) in [6.45, 7) is 2.02. The maximum atomic E-state index is 13.3. The van der Waals surface area contributed by atoms with E-state index in [4.69, 9.17) is 16.3 Å². The summed E-state index contributed by atoms with van der Waals surface area (Å²) in [6, 6.07) is 15.1. The molecular weight excluding hydrogens is 499 g/mol. The number of hydrogen-bond donors (Lipinski definition) is 1. The van der Waals surface area contributed by atoms with Gasteiger partial charge in [0.2, 0.25) is 0 Å². The number of alkyl halides is 3. The molecule has 0 fully saturated rings. The standard InChI is InChI=1S/C25H21ClF3N3O2S/c1-3-17-14-32(15-30-17)22-11-9-18(13-23(22)34-2)31-35(33)24-7-5-4-6-20(24)19-10-8-16(12-21(19)26)25(27,28)29/h4-15,31H,3H2,1-2H3. The number of methoxy groups -OCH3 is 1. The van der Waals surface area contributed by atoms with E-state index in [1.54, 1.807) is 49.8 Å². The van der Waals surface area contributed by atoms with Crippen molar-refractivity contribution in [3.63, 3.8) is 0 Å². The Balaban J connectivity index is 1.63. The second-order valence-corrected chi connectivity index (χ2v) is 9.16. The fourth-order valence-corrected chi connectivity index (χ4v) is 4.87. The molecular formula is C25H21ClF3N3O2S. The maximum Gasteiger partial charge on any atom is 0.416 e. The number of aromatic nitrogens is 2. The highest BCUT2D eigenvalue weighted by Gasteiger charge is 2.31. The van der Waals surface area contributed by atoms with Gasteiger partial charge in [-0.1, -0.05) is 42.8 Å². The third-order valence-corrected chi connectivity index (χ3v) is 6.83. The molecule has 10 heteroatoms. The van der Waals surface area contributed by atoms with Crippen LogP contribution in [0.25, 0.3) is 16.8 Å². The molecule has 0 bridgehead atoms. The first-order chi connectivity index (χ1) is 16.7. The van der Waals surface area contributed by atoms with Gasteiger partial charge in [-0.25, -0.2) is 9.19 Å². The molecule has 0 aliphatic rings. The van der Waals surface area contributed by atoms with Crippen molar-refractivity contribution in [2.75, 3.05) is 11.8 Å². The van der Waals surface area contributed by atoms with Gasteiger partial charge in [-0.2, -0.15) is 13.2 Å². The van der Waals surface area contributed by atoms with Gasteiger partial charge in [-0.05, 0) is 36.8 Å². The van der Waals surface area contributed by atoms with Crippen molar-refractivity contribution in [2.45, 2.75) is 24.4 Å². The molecule has 1 atom stereocenters. The summed E-state index contributed by atoms with van der Waals surface area (Å²) in [5.74, 6) is 0.547. The molecule has 5 nitrogen and oxygen atoms in total. The summed E-state index contributed by atoms with van der Waals surface area (Å²) >= 11 is 6.19. The number of rotatable bonds is 7. The molecule has 35 heavy (non-hydrogen) atoms. The van der Waals surface area contributed by atoms with Crippen LogP contribution < -0.4 is 9.46 Å². The molecule has 0 amide bonds. The quantitative estimate of drug-likeness (QED) is 0.288. The van der Waals surface area contributed by atoms with E-state index >= 15 is 0 Å². The van der Waals surface area contributed by atoms with E-state index in [2.05, 4.69) is 9.71 Å². The first kappa shape index (κ1) is 24.8. The Hall–Kier alpha value is -3.30. The summed E-state index contributed by atoms with van der Waals surface area (Å²) in [6.07, 6.45) is -0.0957. The van der Waals surface area contributed by atoms with Gasteiger partial charge in [0.25, 0.3) is 0 Å². The van der Waals surface area contributed by atoms with Gasteiger partial charge in [0, 0.05) is 28.4 Å². The summed E-state index contributed by atoms with van der Waals surface area (Å²) in [5, 5.41) is -0.0814. The fraction of sp³-hybridized carbons (Fsp3) is 0.160. The molecule has 0 radical (unpaired) electrons. The molecule has 1 heterocycles. The zero-order valence-electron chi connectivity index (χ0n) is 18.8. The zero-order valence-corrected chi connectivity index (χ0v) is 20.3. The first-order valence-electron chi connectivity index (χ1n) is 10.6. The first-order valence-corrected chi connectivity index (χ1v) is 12.1. The molecule has 182 valence electrons. The van der Waals surface area contributed by atoms with Crippen molar-refractivity contribution < 1.29 is 22.1 Å². The summed E-state index contributed by atoms with van der Waals surface area (Å²) in [7, 11) is -0.201. The number of halogens is 4. The number of anilines is 1. The molecule has 0 saturated heterocycles. The van der Waals surface area contributed by atoms with Crippen LogP contribution in [0.5, 0.6) is 5.75 Å². The molecule has 1 aromatic heterocycles. The van der Waals surface area contributed by atoms with Gasteiger partial charge in [-0.15, -0.1) is 0 Å². The number of hydrogen-bond acceptors (Lipinski definition) is 3. The lowest BCUT2D eigenvalue weighted by Crippen LogP contribution is -2.08. The van der Waals surface area contributed by atoms with Crippen molar-refractivity contribution in [1.29, 1.82) is 0 Å². The molecule has 0 saturated carbocycles. The predicted molar refractivity (Wildman–Crippen MR) is 131 cm³/mol. The minimum absolute atomic E-state index is 0.0814. The van der Waals surface area contributed by atoms with Gasteiger partial charge in [-0.3, -0.25) is 0 Å². The van der Waals surface area contributed by atoms with E-state index in [0.29, 0.717) is 27.5 Å². The minimum Gasteiger partial charge on any atom is -0.494 e. The molecule has 0 spiro atoms. The highest BCUT2D eigenvalue weighted by atomic mass is 35.5. The normalized spacial score (nSPS) is 12.4. The van der Waals surface area contributed by atoms with Crippen molar-refractivity contribution >= 4 is 28.3 Å². The number of ether oxygens (including phenoxy) is 1. The van der Waals surface area contributed by atoms with E-state index in [-0.39, 0.29) is 5.02 Å². The van der Waals surface area contributed by atoms with Crippen LogP contribution in [0.4, 0.5) is 18.9 Å². The van der Waals surface area contributed by atoms with Gasteiger partial charge < -0.3 is 14.0 Å². The number of aryl methyl sites for hydroxylation is 1. The average molecular weight is 520 g/mol. The number of imidazole rings is 1. The van der Waals surface area contributed by atoms with Crippen molar-refractivity contribution in [2.24, 2.45) is 0 Å². The predicted octanol–water partition coefficient (Wildman–Crippen LogP) is 6.92. The van der Waals surface area contributed by atoms with Crippen molar-refractivity contribution in [1.82, 2.24) is 9.55 Å². The van der Waals surface area contributed by atoms with Crippen LogP contribution >= 0.6 is 11.6 Å². The van der Waals surface area contributed by atoms with Crippen LogP contribution in [0.2, 0.25) is 5.02 Å². The van der Waals surface area contributed by atoms with Crippen LogP contribution in [0.1, 0.15) is 18.2 Å². The van der Waals surface area contributed by atoms with Gasteiger partial charge in [0.1, 0.15) is 5.75 Å². The molecule has 0 aliphatic carbocycles. The average Bonchev–Trinajstić information content (AvgIpc) is 3.32. The molecule has 1 N–H and O–H groups in total. The Labute approximate surface area is 208 Å². The highest BCUT2D eigenvalue weighted by Crippen LogP contribution is 2.37. The Morgan fingerprint density at radius 2 is 1.86 bits per heavy atom. The van der Waals surface area contributed by atoms with Gasteiger partial charge in [0.05, 0.1) is 41.0 Å². The van der Waals surface area contributed by atoms with Crippen LogP contribution in [-0.2, 0) is 23.6 Å². The monoisotopic (exact) mass is 519 g/mol. The van der Waals surface area contributed by atoms with E-state index in [9.17, 15) is 17.4 Å². The smallest absolute Gasteiger partial charge is 0.416 e. The summed E-state index contributed by atoms with van der Waals surface area (Å²) in [5.41, 5.74) is 2.21. The van der Waals surface area contributed by atoms with Crippen LogP contribution in [0.15, 0.2) is 78.1 Å². The van der Waals surface area contributed by atoms with E-state index in [1.807, 2.05) is 23.8 Å². The zero-order chi connectivity index (χ0) is 25.2. The molecule has 1 unspecified atom stereocenters. The highest BCUT2D eigenvalue weighted by molar-refractivity contribution is 7.86. The Kier molecular flexibility index (Phi) is 7.18. The Bertz CT molecular complexity index is 1390. The lowest BCUT2D eigenvalue weighted by molar-refractivity contribution is -0.137. The maximum absolute atomic E-state index is 13.3. The lowest BCUT2D eigenvalue weighted by Gasteiger charge is -2.15. The number of nitrogens with zero attached hydrogens (tertiary/aromatic N) is 2. The summed E-state index contributed by atoms with van der Waals surface area (Å²) < 4.78 is 62.7. The largest absolute Gasteiger partial charge is 0.494 e. The van der Waals surface area contributed by atoms with E-state index in [0.717, 1.165) is 29.9 Å². The minimum atomic E-state index is -4.51. The number of benzene rings is 3. The second kappa shape index (κ2) is 10.1. The van der Waals surface area contributed by atoms with Crippen molar-refractivity contribution in [3.8, 4) is 22.6 Å². The molecule has 3 aromatic carbocycles. The Morgan fingerprint density at radius 1 is 1.09 bits per heavy atom. The summed E-state index contributed by atoms with van der Waals surface area (Å²) in [4.78, 5) is 4.71. The van der Waals surface area contributed by atoms with E-state index < -0.39 is 22.7 Å². The Morgan fingerprint density at radius 3 is 2.51 bits per heavy atom. The van der Waals surface area contributed by atoms with E-state index in [1.165, 1.54) is 6.07 Å². The molecule has 0 aliphatic heterocycles. The SMILES string of the molecule is CCc1cn(-c2ccc(NS(=O)c3ccccc3-c3ccc(C(F)(F)F)cc3Cl)cc2OC)cn1. The third-order valence-electron chi connectivity index (χ3n) is 5.34. The second-order valence-electron chi connectivity index (χ2n) is 7.57. The lowest BCUT2D eigenvalue weighted by atomic mass is 10.0. The third kappa shape index (κ3) is 5.36. The van der Waals surface area contributed by atoms with Crippen LogP contribution in [0, 0.1) is 0 Å². The number of nitrogens with one attached hydrogen (secondary N) is 1. The van der Waals surface area contributed by atoms with Crippen LogP contribution in [-0.4, -0.2) is 20.9 Å².